The van der Waals surface area contributed by atoms with Gasteiger partial charge in [0.25, 0.3) is 0 Å². The molecule has 0 heterocycles. The minimum atomic E-state index is 0.618. The van der Waals surface area contributed by atoms with E-state index in [-0.39, 0.29) is 0 Å². The van der Waals surface area contributed by atoms with E-state index < -0.39 is 0 Å². The van der Waals surface area contributed by atoms with Crippen molar-refractivity contribution in [1.29, 1.82) is 0 Å². The minimum Gasteiger partial charge on any atom is -0.303 e. The van der Waals surface area contributed by atoms with Crippen molar-refractivity contribution in [2.45, 2.75) is 12.8 Å². The molecule has 0 aromatic heterocycles. The second-order valence-electron chi connectivity index (χ2n) is 1.49. The van der Waals surface area contributed by atoms with Crippen molar-refractivity contribution in [3.05, 3.63) is 23.2 Å². The molecule has 0 amide bonds. The van der Waals surface area contributed by atoms with Crippen LogP contribution in [0.5, 0.6) is 0 Å². The highest BCUT2D eigenvalue weighted by Gasteiger charge is 1.73. The van der Waals surface area contributed by atoms with Crippen LogP contribution in [0.15, 0.2) is 23.2 Å². The normalized spacial score (nSPS) is 11.2. The van der Waals surface area contributed by atoms with Crippen LogP contribution in [0, 0.1) is 0 Å². The standard InChI is InChI=1S/C7H9BrO/c8-6-4-2-1-3-5-7-9/h1-2,4,6-7H,3,5H2/b2-1-,6-4+. The van der Waals surface area contributed by atoms with Crippen molar-refractivity contribution >= 4 is 22.2 Å². The maximum atomic E-state index is 9.78. The average molecular weight is 189 g/mol. The summed E-state index contributed by atoms with van der Waals surface area (Å²) in [5.41, 5.74) is 0. The first-order valence-electron chi connectivity index (χ1n) is 2.77. The monoisotopic (exact) mass is 188 g/mol. The summed E-state index contributed by atoms with van der Waals surface area (Å²) in [7, 11) is 0. The van der Waals surface area contributed by atoms with E-state index in [0.717, 1.165) is 12.7 Å². The van der Waals surface area contributed by atoms with Gasteiger partial charge in [0.15, 0.2) is 0 Å². The highest BCUT2D eigenvalue weighted by Crippen LogP contribution is 1.89. The highest BCUT2D eigenvalue weighted by molar-refractivity contribution is 9.11. The molecule has 0 unspecified atom stereocenters. The molecule has 0 aliphatic rings. The zero-order valence-electron chi connectivity index (χ0n) is 5.09. The van der Waals surface area contributed by atoms with Crippen molar-refractivity contribution in [1.82, 2.24) is 0 Å². The highest BCUT2D eigenvalue weighted by atomic mass is 79.9. The van der Waals surface area contributed by atoms with Gasteiger partial charge in [0.05, 0.1) is 0 Å². The molecule has 0 atom stereocenters. The molecule has 0 bridgehead atoms. The van der Waals surface area contributed by atoms with Crippen LogP contribution in [0.2, 0.25) is 0 Å². The van der Waals surface area contributed by atoms with Gasteiger partial charge in [-0.15, -0.1) is 0 Å². The first-order valence-corrected chi connectivity index (χ1v) is 3.69. The van der Waals surface area contributed by atoms with Crippen molar-refractivity contribution in [3.63, 3.8) is 0 Å². The van der Waals surface area contributed by atoms with Crippen molar-refractivity contribution in [2.75, 3.05) is 0 Å². The lowest BCUT2D eigenvalue weighted by molar-refractivity contribution is -0.107. The number of unbranched alkanes of at least 4 members (excludes halogenated alkanes) is 1. The fourth-order valence-electron chi connectivity index (χ4n) is 0.381. The van der Waals surface area contributed by atoms with E-state index in [1.54, 1.807) is 4.99 Å². The van der Waals surface area contributed by atoms with Gasteiger partial charge in [-0.05, 0) is 11.4 Å². The molecule has 0 aromatic rings. The predicted octanol–water partition coefficient (Wildman–Crippen LogP) is 2.43. The maximum absolute atomic E-state index is 9.78. The van der Waals surface area contributed by atoms with E-state index in [1.807, 2.05) is 18.2 Å². The molecule has 2 heteroatoms. The van der Waals surface area contributed by atoms with Crippen LogP contribution in [0.3, 0.4) is 0 Å². The number of hydrogen-bond donors (Lipinski definition) is 0. The second kappa shape index (κ2) is 7.63. The second-order valence-corrected chi connectivity index (χ2v) is 2.02. The number of aldehydes is 1. The Hall–Kier alpha value is -0.370. The fourth-order valence-corrected chi connectivity index (χ4v) is 0.557. The lowest BCUT2D eigenvalue weighted by atomic mass is 10.3. The van der Waals surface area contributed by atoms with Gasteiger partial charge in [-0.2, -0.15) is 0 Å². The molecule has 0 rings (SSSR count). The molecule has 0 radical (unpaired) electrons. The summed E-state index contributed by atoms with van der Waals surface area (Å²) in [5, 5.41) is 0. The van der Waals surface area contributed by atoms with Gasteiger partial charge in [-0.1, -0.05) is 34.2 Å². The number of carbonyl (C=O) groups excluding carboxylic acids is 1. The molecular formula is C7H9BrO. The van der Waals surface area contributed by atoms with Crippen LogP contribution in [0.4, 0.5) is 0 Å². The lowest BCUT2D eigenvalue weighted by Crippen LogP contribution is -1.68. The molecule has 1 nitrogen and oxygen atoms in total. The smallest absolute Gasteiger partial charge is 0.120 e. The first-order chi connectivity index (χ1) is 4.41. The molecule has 9 heavy (non-hydrogen) atoms. The summed E-state index contributed by atoms with van der Waals surface area (Å²) in [6, 6.07) is 0. The quantitative estimate of drug-likeness (QED) is 0.377. The van der Waals surface area contributed by atoms with Gasteiger partial charge in [-0.3, -0.25) is 0 Å². The largest absolute Gasteiger partial charge is 0.303 e. The predicted molar refractivity (Wildman–Crippen MR) is 42.5 cm³/mol. The van der Waals surface area contributed by atoms with Crippen molar-refractivity contribution in [2.24, 2.45) is 0 Å². The van der Waals surface area contributed by atoms with Gasteiger partial charge in [0.2, 0.25) is 0 Å². The van der Waals surface area contributed by atoms with Gasteiger partial charge < -0.3 is 4.79 Å². The van der Waals surface area contributed by atoms with Gasteiger partial charge >= 0.3 is 0 Å². The summed E-state index contributed by atoms with van der Waals surface area (Å²) in [6.07, 6.45) is 8.09. The number of halogens is 1. The SMILES string of the molecule is O=CCC/C=C\C=C\Br. The summed E-state index contributed by atoms with van der Waals surface area (Å²) in [4.78, 5) is 11.5. The summed E-state index contributed by atoms with van der Waals surface area (Å²) < 4.78 is 0. The zero-order chi connectivity index (χ0) is 6.95. The van der Waals surface area contributed by atoms with Crippen LogP contribution < -0.4 is 0 Å². The Labute approximate surface area is 63.6 Å². The van der Waals surface area contributed by atoms with Crippen molar-refractivity contribution < 1.29 is 4.79 Å². The van der Waals surface area contributed by atoms with E-state index in [9.17, 15) is 4.79 Å². The Morgan fingerprint density at radius 2 is 2.00 bits per heavy atom. The maximum Gasteiger partial charge on any atom is 0.120 e. The Kier molecular flexibility index (Phi) is 7.32. The summed E-state index contributed by atoms with van der Waals surface area (Å²) in [6.45, 7) is 0. The first kappa shape index (κ1) is 8.63. The van der Waals surface area contributed by atoms with E-state index in [0.29, 0.717) is 6.42 Å². The van der Waals surface area contributed by atoms with Crippen molar-refractivity contribution in [3.8, 4) is 0 Å². The van der Waals surface area contributed by atoms with Gasteiger partial charge in [0, 0.05) is 6.42 Å². The fraction of sp³-hybridized carbons (Fsp3) is 0.286. The Balaban J connectivity index is 3.14. The molecule has 0 saturated heterocycles. The van der Waals surface area contributed by atoms with Crippen LogP contribution in [0.25, 0.3) is 0 Å². The molecule has 0 N–H and O–H groups in total. The summed E-state index contributed by atoms with van der Waals surface area (Å²) >= 11 is 3.12. The van der Waals surface area contributed by atoms with E-state index >= 15 is 0 Å². The van der Waals surface area contributed by atoms with Crippen LogP contribution >= 0.6 is 15.9 Å². The molecule has 0 saturated carbocycles. The number of allylic oxidation sites excluding steroid dienone is 3. The van der Waals surface area contributed by atoms with E-state index in [1.165, 1.54) is 0 Å². The van der Waals surface area contributed by atoms with Gasteiger partial charge in [-0.25, -0.2) is 0 Å². The number of rotatable bonds is 4. The van der Waals surface area contributed by atoms with E-state index in [4.69, 9.17) is 0 Å². The van der Waals surface area contributed by atoms with Crippen LogP contribution in [0.1, 0.15) is 12.8 Å². The Morgan fingerprint density at radius 1 is 1.22 bits per heavy atom. The van der Waals surface area contributed by atoms with Crippen LogP contribution in [-0.2, 0) is 4.79 Å². The lowest BCUT2D eigenvalue weighted by Gasteiger charge is -1.77. The average Bonchev–Trinajstić information content (AvgIpc) is 1.89. The third-order valence-electron chi connectivity index (χ3n) is 0.771. The number of hydrogen-bond acceptors (Lipinski definition) is 1. The minimum absolute atomic E-state index is 0.618. The zero-order valence-corrected chi connectivity index (χ0v) is 6.67. The number of carbonyl (C=O) groups is 1. The third-order valence-corrected chi connectivity index (χ3v) is 1.08. The molecule has 0 fully saturated rings. The topological polar surface area (TPSA) is 17.1 Å². The van der Waals surface area contributed by atoms with Gasteiger partial charge in [0.1, 0.15) is 6.29 Å². The Morgan fingerprint density at radius 3 is 2.56 bits per heavy atom. The summed E-state index contributed by atoms with van der Waals surface area (Å²) in [5.74, 6) is 0. The van der Waals surface area contributed by atoms with Crippen LogP contribution in [-0.4, -0.2) is 6.29 Å². The Bertz CT molecular complexity index is 116. The molecule has 50 valence electrons. The third kappa shape index (κ3) is 7.63. The molecule has 0 aromatic carbocycles. The molecule has 0 aliphatic carbocycles. The molecule has 0 aliphatic heterocycles. The van der Waals surface area contributed by atoms with E-state index in [2.05, 4.69) is 15.9 Å². The molecular weight excluding hydrogens is 180 g/mol. The molecule has 0 spiro atoms.